The lowest BCUT2D eigenvalue weighted by Crippen LogP contribution is -1.99. The van der Waals surface area contributed by atoms with Crippen molar-refractivity contribution in [1.29, 1.82) is 0 Å². The minimum absolute atomic E-state index is 0.836. The molecular weight excluding hydrogens is 304 g/mol. The molecule has 1 N–H and O–H groups in total. The summed E-state index contributed by atoms with van der Waals surface area (Å²) in [5.74, 6) is 1.79. The van der Waals surface area contributed by atoms with Gasteiger partial charge in [-0.3, -0.25) is 4.57 Å². The minimum atomic E-state index is 0.836. The first-order valence-electron chi connectivity index (χ1n) is 7.58. The highest BCUT2D eigenvalue weighted by atomic mass is 32.2. The van der Waals surface area contributed by atoms with Gasteiger partial charge in [-0.25, -0.2) is 0 Å². The highest BCUT2D eigenvalue weighted by Crippen LogP contribution is 2.29. The summed E-state index contributed by atoms with van der Waals surface area (Å²) in [7, 11) is 0. The van der Waals surface area contributed by atoms with Crippen LogP contribution in [0.2, 0.25) is 0 Å². The Labute approximate surface area is 138 Å². The Morgan fingerprint density at radius 2 is 1.78 bits per heavy atom. The Bertz CT molecular complexity index is 907. The van der Waals surface area contributed by atoms with E-state index in [0.29, 0.717) is 0 Å². The summed E-state index contributed by atoms with van der Waals surface area (Å²) in [6.07, 6.45) is 0. The zero-order valence-electron chi connectivity index (χ0n) is 12.7. The summed E-state index contributed by atoms with van der Waals surface area (Å²) in [6.45, 7) is 2.12. The molecule has 4 aromatic rings. The van der Waals surface area contributed by atoms with Crippen molar-refractivity contribution in [2.24, 2.45) is 0 Å². The van der Waals surface area contributed by atoms with Crippen molar-refractivity contribution in [2.75, 3.05) is 5.75 Å². The van der Waals surface area contributed by atoms with Crippen LogP contribution in [-0.4, -0.2) is 25.5 Å². The average Bonchev–Trinajstić information content (AvgIpc) is 3.19. The van der Waals surface area contributed by atoms with Gasteiger partial charge in [-0.15, -0.1) is 10.2 Å². The number of aromatic amines is 1. The fourth-order valence-electron chi connectivity index (χ4n) is 2.67. The van der Waals surface area contributed by atoms with Gasteiger partial charge in [0.05, 0.1) is 5.69 Å². The normalized spacial score (nSPS) is 11.2. The molecule has 0 fully saturated rings. The Morgan fingerprint density at radius 1 is 1.00 bits per heavy atom. The second-order valence-corrected chi connectivity index (χ2v) is 6.41. The molecule has 0 radical (unpaired) electrons. The second kappa shape index (κ2) is 5.93. The van der Waals surface area contributed by atoms with Crippen molar-refractivity contribution in [3.05, 3.63) is 60.7 Å². The number of hydrogen-bond acceptors (Lipinski definition) is 3. The number of benzene rings is 2. The fourth-order valence-corrected chi connectivity index (χ4v) is 3.35. The van der Waals surface area contributed by atoms with Crippen LogP contribution in [0.5, 0.6) is 0 Å². The summed E-state index contributed by atoms with van der Waals surface area (Å²) in [4.78, 5) is 3.44. The molecule has 23 heavy (non-hydrogen) atoms. The van der Waals surface area contributed by atoms with Crippen LogP contribution in [0.4, 0.5) is 0 Å². The van der Waals surface area contributed by atoms with Gasteiger partial charge in [-0.1, -0.05) is 55.1 Å². The average molecular weight is 320 g/mol. The Balaban J connectivity index is 1.91. The molecule has 2 heterocycles. The van der Waals surface area contributed by atoms with E-state index in [4.69, 9.17) is 0 Å². The van der Waals surface area contributed by atoms with Gasteiger partial charge < -0.3 is 4.98 Å². The summed E-state index contributed by atoms with van der Waals surface area (Å²) in [6, 6.07) is 20.6. The van der Waals surface area contributed by atoms with Crippen LogP contribution < -0.4 is 0 Å². The van der Waals surface area contributed by atoms with Gasteiger partial charge in [0.2, 0.25) is 0 Å². The highest BCUT2D eigenvalue weighted by molar-refractivity contribution is 7.99. The number of thioether (sulfide) groups is 1. The van der Waals surface area contributed by atoms with Gasteiger partial charge in [0.1, 0.15) is 0 Å². The summed E-state index contributed by atoms with van der Waals surface area (Å²) in [5.41, 5.74) is 3.16. The zero-order chi connectivity index (χ0) is 15.6. The molecule has 0 atom stereocenters. The molecule has 0 unspecified atom stereocenters. The zero-order valence-corrected chi connectivity index (χ0v) is 13.5. The molecule has 114 valence electrons. The van der Waals surface area contributed by atoms with Crippen LogP contribution in [0.3, 0.4) is 0 Å². The number of para-hydroxylation sites is 2. The fraction of sp³-hybridized carbons (Fsp3) is 0.111. The first-order valence-corrected chi connectivity index (χ1v) is 8.57. The largest absolute Gasteiger partial charge is 0.352 e. The first kappa shape index (κ1) is 14.1. The predicted molar refractivity (Wildman–Crippen MR) is 95.0 cm³/mol. The number of nitrogens with zero attached hydrogens (tertiary/aromatic N) is 3. The molecule has 2 aromatic heterocycles. The number of nitrogens with one attached hydrogen (secondary N) is 1. The SMILES string of the molecule is CCSc1nnc(-c2cc3ccccc3[nH]2)n1-c1ccccc1. The second-order valence-electron chi connectivity index (χ2n) is 5.18. The van der Waals surface area contributed by atoms with E-state index in [2.05, 4.69) is 57.0 Å². The van der Waals surface area contributed by atoms with E-state index in [1.807, 2.05) is 30.3 Å². The van der Waals surface area contributed by atoms with Gasteiger partial charge >= 0.3 is 0 Å². The van der Waals surface area contributed by atoms with Gasteiger partial charge in [0.15, 0.2) is 11.0 Å². The van der Waals surface area contributed by atoms with Crippen LogP contribution in [0.15, 0.2) is 65.8 Å². The third kappa shape index (κ3) is 2.53. The van der Waals surface area contributed by atoms with Crippen molar-refractivity contribution in [1.82, 2.24) is 19.7 Å². The van der Waals surface area contributed by atoms with E-state index in [9.17, 15) is 0 Å². The molecule has 0 spiro atoms. The lowest BCUT2D eigenvalue weighted by molar-refractivity contribution is 0.886. The van der Waals surface area contributed by atoms with Gasteiger partial charge in [-0.2, -0.15) is 0 Å². The maximum absolute atomic E-state index is 4.44. The molecule has 2 aromatic carbocycles. The first-order chi connectivity index (χ1) is 11.4. The van der Waals surface area contributed by atoms with Crippen LogP contribution >= 0.6 is 11.8 Å². The Kier molecular flexibility index (Phi) is 3.63. The van der Waals surface area contributed by atoms with Crippen molar-refractivity contribution < 1.29 is 0 Å². The van der Waals surface area contributed by atoms with Crippen LogP contribution in [-0.2, 0) is 0 Å². The summed E-state index contributed by atoms with van der Waals surface area (Å²) < 4.78 is 2.11. The highest BCUT2D eigenvalue weighted by Gasteiger charge is 2.17. The monoisotopic (exact) mass is 320 g/mol. The molecule has 4 nitrogen and oxygen atoms in total. The minimum Gasteiger partial charge on any atom is -0.352 e. The number of rotatable bonds is 4. The molecule has 0 aliphatic rings. The van der Waals surface area contributed by atoms with E-state index >= 15 is 0 Å². The topological polar surface area (TPSA) is 46.5 Å². The third-order valence-corrected chi connectivity index (χ3v) is 4.50. The molecule has 0 saturated heterocycles. The van der Waals surface area contributed by atoms with E-state index in [0.717, 1.165) is 33.6 Å². The van der Waals surface area contributed by atoms with Crippen molar-refractivity contribution in [2.45, 2.75) is 12.1 Å². The van der Waals surface area contributed by atoms with Crippen molar-refractivity contribution in [3.63, 3.8) is 0 Å². The number of fused-ring (bicyclic) bond motifs is 1. The van der Waals surface area contributed by atoms with E-state index < -0.39 is 0 Å². The van der Waals surface area contributed by atoms with E-state index in [1.165, 1.54) is 5.39 Å². The molecule has 4 rings (SSSR count). The lowest BCUT2D eigenvalue weighted by atomic mass is 10.2. The van der Waals surface area contributed by atoms with E-state index in [1.54, 1.807) is 11.8 Å². The number of H-pyrrole nitrogens is 1. The van der Waals surface area contributed by atoms with Gasteiger partial charge in [-0.05, 0) is 30.0 Å². The Hall–Kier alpha value is -2.53. The summed E-state index contributed by atoms with van der Waals surface area (Å²) >= 11 is 1.69. The molecule has 0 bridgehead atoms. The Morgan fingerprint density at radius 3 is 2.57 bits per heavy atom. The molecule has 0 aliphatic heterocycles. The maximum atomic E-state index is 4.44. The predicted octanol–water partition coefficient (Wildman–Crippen LogP) is 4.53. The third-order valence-electron chi connectivity index (χ3n) is 3.69. The molecule has 0 aliphatic carbocycles. The van der Waals surface area contributed by atoms with Crippen molar-refractivity contribution in [3.8, 4) is 17.2 Å². The van der Waals surface area contributed by atoms with E-state index in [-0.39, 0.29) is 0 Å². The van der Waals surface area contributed by atoms with Gasteiger partial charge in [0.25, 0.3) is 0 Å². The molecular formula is C18H16N4S. The molecule has 0 saturated carbocycles. The molecule has 0 amide bonds. The van der Waals surface area contributed by atoms with Crippen LogP contribution in [0.1, 0.15) is 6.92 Å². The maximum Gasteiger partial charge on any atom is 0.196 e. The van der Waals surface area contributed by atoms with Gasteiger partial charge in [0, 0.05) is 16.6 Å². The number of hydrogen-bond donors (Lipinski definition) is 1. The van der Waals surface area contributed by atoms with Crippen LogP contribution in [0.25, 0.3) is 28.1 Å². The quantitative estimate of drug-likeness (QED) is 0.562. The molecule has 5 heteroatoms. The van der Waals surface area contributed by atoms with Crippen molar-refractivity contribution >= 4 is 22.7 Å². The van der Waals surface area contributed by atoms with Crippen LogP contribution in [0, 0.1) is 0 Å². The smallest absolute Gasteiger partial charge is 0.196 e. The lowest BCUT2D eigenvalue weighted by Gasteiger charge is -2.08. The standard InChI is InChI=1S/C18H16N4S/c1-2-23-18-21-20-17(22(18)14-9-4-3-5-10-14)16-12-13-8-6-7-11-15(13)19-16/h3-12,19H,2H2,1H3. The number of aromatic nitrogens is 4. The summed E-state index contributed by atoms with van der Waals surface area (Å²) in [5, 5.41) is 10.9.